The van der Waals surface area contributed by atoms with Crippen molar-refractivity contribution >= 4 is 17.7 Å². The third kappa shape index (κ3) is 8.15. The van der Waals surface area contributed by atoms with Gasteiger partial charge in [0, 0.05) is 5.25 Å². The van der Waals surface area contributed by atoms with Crippen LogP contribution in [0.2, 0.25) is 0 Å². The maximum absolute atomic E-state index is 12.1. The van der Waals surface area contributed by atoms with E-state index in [1.807, 2.05) is 25.6 Å². The Hall–Kier alpha value is -0.220. The molecule has 4 heteroatoms. The average Bonchev–Trinajstić information content (AvgIpc) is 2.44. The molecule has 120 valence electrons. The van der Waals surface area contributed by atoms with Gasteiger partial charge in [-0.15, -0.1) is 0 Å². The zero-order valence-corrected chi connectivity index (χ0v) is 14.8. The third-order valence-electron chi connectivity index (χ3n) is 3.54. The fourth-order valence-electron chi connectivity index (χ4n) is 1.94. The van der Waals surface area contributed by atoms with E-state index in [0.29, 0.717) is 6.61 Å². The molecule has 0 saturated carbocycles. The van der Waals surface area contributed by atoms with Crippen molar-refractivity contribution in [2.45, 2.75) is 77.5 Å². The number of nitrogens with one attached hydrogen (secondary N) is 1. The van der Waals surface area contributed by atoms with Crippen molar-refractivity contribution in [2.75, 3.05) is 18.9 Å². The van der Waals surface area contributed by atoms with Gasteiger partial charge in [0.25, 0.3) is 0 Å². The van der Waals surface area contributed by atoms with Crippen molar-refractivity contribution in [3.63, 3.8) is 0 Å². The van der Waals surface area contributed by atoms with E-state index in [-0.39, 0.29) is 5.97 Å². The number of ether oxygens (including phenoxy) is 1. The summed E-state index contributed by atoms with van der Waals surface area (Å²) >= 11 is 2.03. The smallest absolute Gasteiger partial charge is 0.326 e. The van der Waals surface area contributed by atoms with Crippen LogP contribution in [-0.4, -0.2) is 35.7 Å². The van der Waals surface area contributed by atoms with Crippen LogP contribution in [0.15, 0.2) is 0 Å². The summed E-state index contributed by atoms with van der Waals surface area (Å²) < 4.78 is 5.21. The van der Waals surface area contributed by atoms with Crippen LogP contribution >= 0.6 is 11.8 Å². The summed E-state index contributed by atoms with van der Waals surface area (Å²) in [5, 5.41) is 4.10. The molecule has 0 aromatic carbocycles. The second kappa shape index (κ2) is 11.4. The summed E-state index contributed by atoms with van der Waals surface area (Å²) in [6.07, 6.45) is 5.34. The molecule has 0 amide bonds. The van der Waals surface area contributed by atoms with Crippen molar-refractivity contribution in [1.29, 1.82) is 0 Å². The fourth-order valence-corrected chi connectivity index (χ4v) is 2.95. The molecule has 0 aliphatic rings. The Bertz CT molecular complexity index is 261. The fraction of sp³-hybridized carbons (Fsp3) is 0.938. The summed E-state index contributed by atoms with van der Waals surface area (Å²) in [7, 11) is 0. The molecule has 0 bridgehead atoms. The number of esters is 1. The Labute approximate surface area is 129 Å². The Morgan fingerprint density at radius 2 is 2.00 bits per heavy atom. The molecule has 20 heavy (non-hydrogen) atoms. The minimum absolute atomic E-state index is 0.108. The maximum Gasteiger partial charge on any atom is 0.326 e. The Kier molecular flexibility index (Phi) is 11.3. The highest BCUT2D eigenvalue weighted by Gasteiger charge is 2.33. The van der Waals surface area contributed by atoms with Crippen LogP contribution in [-0.2, 0) is 9.53 Å². The van der Waals surface area contributed by atoms with Gasteiger partial charge >= 0.3 is 5.97 Å². The van der Waals surface area contributed by atoms with Gasteiger partial charge in [-0.1, -0.05) is 27.2 Å². The molecule has 0 saturated heterocycles. The van der Waals surface area contributed by atoms with Gasteiger partial charge in [0.1, 0.15) is 5.54 Å². The second-order valence-corrected chi connectivity index (χ2v) is 7.07. The van der Waals surface area contributed by atoms with E-state index in [0.717, 1.165) is 37.5 Å². The van der Waals surface area contributed by atoms with E-state index in [1.165, 1.54) is 12.2 Å². The predicted octanol–water partition coefficient (Wildman–Crippen LogP) is 4.01. The molecule has 0 aliphatic carbocycles. The van der Waals surface area contributed by atoms with Gasteiger partial charge in [-0.3, -0.25) is 4.79 Å². The summed E-state index contributed by atoms with van der Waals surface area (Å²) in [5.41, 5.74) is -0.521. The van der Waals surface area contributed by atoms with E-state index in [4.69, 9.17) is 4.74 Å². The number of rotatable bonds is 12. The van der Waals surface area contributed by atoms with Gasteiger partial charge in [0.05, 0.1) is 6.61 Å². The van der Waals surface area contributed by atoms with E-state index < -0.39 is 5.54 Å². The van der Waals surface area contributed by atoms with Crippen LogP contribution in [0.4, 0.5) is 0 Å². The van der Waals surface area contributed by atoms with Crippen molar-refractivity contribution in [3.05, 3.63) is 0 Å². The third-order valence-corrected chi connectivity index (χ3v) is 4.97. The van der Waals surface area contributed by atoms with Gasteiger partial charge < -0.3 is 10.1 Å². The summed E-state index contributed by atoms with van der Waals surface area (Å²) in [6, 6.07) is 0. The first-order valence-electron chi connectivity index (χ1n) is 8.04. The maximum atomic E-state index is 12.1. The van der Waals surface area contributed by atoms with Crippen LogP contribution in [0, 0.1) is 0 Å². The molecule has 0 radical (unpaired) electrons. The van der Waals surface area contributed by atoms with E-state index in [2.05, 4.69) is 26.1 Å². The van der Waals surface area contributed by atoms with Gasteiger partial charge in [0.15, 0.2) is 0 Å². The van der Waals surface area contributed by atoms with Crippen LogP contribution in [0.3, 0.4) is 0 Å². The van der Waals surface area contributed by atoms with Gasteiger partial charge in [0.2, 0.25) is 0 Å². The first-order chi connectivity index (χ1) is 9.50. The molecule has 3 nitrogen and oxygen atoms in total. The summed E-state index contributed by atoms with van der Waals surface area (Å²) in [5.74, 6) is 1.07. The number of carbonyl (C=O) groups excluding carboxylic acids is 1. The van der Waals surface area contributed by atoms with Crippen LogP contribution < -0.4 is 5.32 Å². The zero-order valence-electron chi connectivity index (χ0n) is 14.0. The molecular weight excluding hydrogens is 270 g/mol. The van der Waals surface area contributed by atoms with E-state index in [9.17, 15) is 4.79 Å². The highest BCUT2D eigenvalue weighted by atomic mass is 32.2. The standard InChI is InChI=1S/C16H33NO2S/c1-6-12-17-16(5,15(18)19-8-3)11-9-10-13-20-14(4)7-2/h14,17H,6-13H2,1-5H3. The predicted molar refractivity (Wildman–Crippen MR) is 89.4 cm³/mol. The van der Waals surface area contributed by atoms with Crippen molar-refractivity contribution < 1.29 is 9.53 Å². The summed E-state index contributed by atoms with van der Waals surface area (Å²) in [4.78, 5) is 12.1. The highest BCUT2D eigenvalue weighted by molar-refractivity contribution is 7.99. The van der Waals surface area contributed by atoms with Gasteiger partial charge in [-0.2, -0.15) is 11.8 Å². The van der Waals surface area contributed by atoms with Gasteiger partial charge in [-0.25, -0.2) is 0 Å². The monoisotopic (exact) mass is 303 g/mol. The molecule has 1 N–H and O–H groups in total. The summed E-state index contributed by atoms with van der Waals surface area (Å²) in [6.45, 7) is 11.8. The number of carbonyl (C=O) groups is 1. The number of hydrogen-bond acceptors (Lipinski definition) is 4. The minimum Gasteiger partial charge on any atom is -0.465 e. The normalized spacial score (nSPS) is 15.7. The molecule has 2 atom stereocenters. The minimum atomic E-state index is -0.521. The van der Waals surface area contributed by atoms with Crippen molar-refractivity contribution in [2.24, 2.45) is 0 Å². The molecule has 0 aromatic rings. The average molecular weight is 304 g/mol. The quantitative estimate of drug-likeness (QED) is 0.437. The van der Waals surface area contributed by atoms with Crippen LogP contribution in [0.1, 0.15) is 66.7 Å². The van der Waals surface area contributed by atoms with Crippen molar-refractivity contribution in [1.82, 2.24) is 5.32 Å². The zero-order chi connectivity index (χ0) is 15.4. The Balaban J connectivity index is 4.12. The SMILES string of the molecule is CCCNC(C)(CCCCSC(C)CC)C(=O)OCC. The van der Waals surface area contributed by atoms with E-state index in [1.54, 1.807) is 0 Å². The molecule has 0 fully saturated rings. The topological polar surface area (TPSA) is 38.3 Å². The number of thioether (sulfide) groups is 1. The Morgan fingerprint density at radius 3 is 2.55 bits per heavy atom. The second-order valence-electron chi connectivity index (χ2n) is 5.53. The molecule has 0 rings (SSSR count). The lowest BCUT2D eigenvalue weighted by atomic mass is 9.95. The molecule has 0 heterocycles. The first-order valence-corrected chi connectivity index (χ1v) is 9.08. The van der Waals surface area contributed by atoms with Gasteiger partial charge in [-0.05, 0) is 51.8 Å². The number of hydrogen-bond donors (Lipinski definition) is 1. The van der Waals surface area contributed by atoms with Crippen molar-refractivity contribution in [3.8, 4) is 0 Å². The van der Waals surface area contributed by atoms with Crippen LogP contribution in [0.5, 0.6) is 0 Å². The first kappa shape index (κ1) is 19.8. The molecule has 0 aromatic heterocycles. The molecule has 0 aliphatic heterocycles. The lowest BCUT2D eigenvalue weighted by Gasteiger charge is -2.28. The lowest BCUT2D eigenvalue weighted by Crippen LogP contribution is -2.50. The lowest BCUT2D eigenvalue weighted by molar-refractivity contribution is -0.150. The Morgan fingerprint density at radius 1 is 1.30 bits per heavy atom. The highest BCUT2D eigenvalue weighted by Crippen LogP contribution is 2.20. The largest absolute Gasteiger partial charge is 0.465 e. The molecule has 0 spiro atoms. The molecular formula is C16H33NO2S. The molecule has 2 unspecified atom stereocenters. The number of unbranched alkanes of at least 4 members (excludes halogenated alkanes) is 1. The van der Waals surface area contributed by atoms with E-state index >= 15 is 0 Å². The van der Waals surface area contributed by atoms with Crippen LogP contribution in [0.25, 0.3) is 0 Å².